The molecule has 0 bridgehead atoms. The van der Waals surface area contributed by atoms with Crippen LogP contribution in [0.4, 0.5) is 4.79 Å². The predicted molar refractivity (Wildman–Crippen MR) is 99.1 cm³/mol. The van der Waals surface area contributed by atoms with Crippen molar-refractivity contribution in [2.24, 2.45) is 0 Å². The highest BCUT2D eigenvalue weighted by atomic mass is 32.2. The van der Waals surface area contributed by atoms with E-state index in [9.17, 15) is 13.2 Å². The quantitative estimate of drug-likeness (QED) is 0.820. The zero-order valence-corrected chi connectivity index (χ0v) is 16.0. The lowest BCUT2D eigenvalue weighted by molar-refractivity contribution is 0.121. The second-order valence-electron chi connectivity index (χ2n) is 7.20. The Bertz CT molecular complexity index is 991. The van der Waals surface area contributed by atoms with Crippen LogP contribution in [0.25, 0.3) is 0 Å². The van der Waals surface area contributed by atoms with Crippen LogP contribution in [0.2, 0.25) is 0 Å². The minimum absolute atomic E-state index is 0.0375. The first kappa shape index (κ1) is 18.4. The first-order valence-electron chi connectivity index (χ1n) is 9.07. The van der Waals surface area contributed by atoms with Crippen LogP contribution in [0.1, 0.15) is 29.5 Å². The van der Waals surface area contributed by atoms with E-state index in [0.29, 0.717) is 26.2 Å². The molecule has 3 heterocycles. The SMILES string of the molecule is N#CCS(=O)(=O)c1ccc(C2CN(C(=O)N3CC[C@H](c4cn[nH]n4)C3)C2)cc1. The molecule has 2 aromatic rings. The van der Waals surface area contributed by atoms with Gasteiger partial charge in [-0.05, 0) is 24.1 Å². The highest BCUT2D eigenvalue weighted by Crippen LogP contribution is 2.31. The monoisotopic (exact) mass is 400 g/mol. The van der Waals surface area contributed by atoms with E-state index in [2.05, 4.69) is 15.4 Å². The molecular weight excluding hydrogens is 380 g/mol. The molecule has 28 heavy (non-hydrogen) atoms. The zero-order chi connectivity index (χ0) is 19.7. The van der Waals surface area contributed by atoms with Crippen molar-refractivity contribution in [3.63, 3.8) is 0 Å². The van der Waals surface area contributed by atoms with Crippen LogP contribution >= 0.6 is 0 Å². The van der Waals surface area contributed by atoms with Crippen molar-refractivity contribution in [1.29, 1.82) is 5.26 Å². The van der Waals surface area contributed by atoms with E-state index >= 15 is 0 Å². The van der Waals surface area contributed by atoms with Gasteiger partial charge >= 0.3 is 6.03 Å². The van der Waals surface area contributed by atoms with E-state index < -0.39 is 15.6 Å². The molecule has 10 heteroatoms. The van der Waals surface area contributed by atoms with Gasteiger partial charge in [0.2, 0.25) is 0 Å². The number of nitrogens with one attached hydrogen (secondary N) is 1. The number of hydrogen-bond acceptors (Lipinski definition) is 6. The maximum atomic E-state index is 12.7. The summed E-state index contributed by atoms with van der Waals surface area (Å²) in [6, 6.07) is 8.33. The van der Waals surface area contributed by atoms with E-state index in [-0.39, 0.29) is 22.8 Å². The summed E-state index contributed by atoms with van der Waals surface area (Å²) in [6.07, 6.45) is 2.59. The van der Waals surface area contributed by atoms with Crippen LogP contribution in [0.5, 0.6) is 0 Å². The molecule has 1 aromatic carbocycles. The summed E-state index contributed by atoms with van der Waals surface area (Å²) in [5.74, 6) is -0.100. The summed E-state index contributed by atoms with van der Waals surface area (Å²) in [5, 5.41) is 19.2. The number of likely N-dealkylation sites (tertiary alicyclic amines) is 2. The molecule has 0 spiro atoms. The van der Waals surface area contributed by atoms with Gasteiger partial charge in [0.1, 0.15) is 5.75 Å². The fourth-order valence-electron chi connectivity index (χ4n) is 3.74. The fraction of sp³-hybridized carbons (Fsp3) is 0.444. The van der Waals surface area contributed by atoms with Gasteiger partial charge in [-0.25, -0.2) is 13.2 Å². The number of aromatic amines is 1. The van der Waals surface area contributed by atoms with Crippen LogP contribution in [0.15, 0.2) is 35.4 Å². The zero-order valence-electron chi connectivity index (χ0n) is 15.2. The van der Waals surface area contributed by atoms with E-state index in [0.717, 1.165) is 17.7 Å². The van der Waals surface area contributed by atoms with Crippen molar-refractivity contribution in [3.05, 3.63) is 41.7 Å². The lowest BCUT2D eigenvalue weighted by Crippen LogP contribution is -2.53. The van der Waals surface area contributed by atoms with Crippen LogP contribution in [0, 0.1) is 11.3 Å². The Balaban J connectivity index is 1.32. The van der Waals surface area contributed by atoms with Crippen LogP contribution in [-0.2, 0) is 9.84 Å². The molecule has 4 rings (SSSR count). The number of amides is 2. The van der Waals surface area contributed by atoms with Crippen molar-refractivity contribution in [2.75, 3.05) is 31.9 Å². The van der Waals surface area contributed by atoms with E-state index in [1.54, 1.807) is 24.4 Å². The van der Waals surface area contributed by atoms with E-state index in [1.165, 1.54) is 12.1 Å². The van der Waals surface area contributed by atoms with Gasteiger partial charge in [-0.15, -0.1) is 0 Å². The number of sulfone groups is 1. The summed E-state index contributed by atoms with van der Waals surface area (Å²) in [4.78, 5) is 16.5. The van der Waals surface area contributed by atoms with Crippen molar-refractivity contribution < 1.29 is 13.2 Å². The van der Waals surface area contributed by atoms with Gasteiger partial charge in [0, 0.05) is 38.0 Å². The molecule has 2 amide bonds. The van der Waals surface area contributed by atoms with Crippen LogP contribution < -0.4 is 0 Å². The number of rotatable bonds is 4. The van der Waals surface area contributed by atoms with Gasteiger partial charge < -0.3 is 9.80 Å². The fourth-order valence-corrected chi connectivity index (χ4v) is 4.63. The Kier molecular flexibility index (Phi) is 4.77. The van der Waals surface area contributed by atoms with Gasteiger partial charge in [-0.1, -0.05) is 12.1 Å². The normalized spacial score (nSPS) is 20.0. The number of hydrogen-bond donors (Lipinski definition) is 1. The molecule has 0 unspecified atom stereocenters. The molecule has 1 atom stereocenters. The lowest BCUT2D eigenvalue weighted by atomic mass is 9.92. The molecule has 1 aromatic heterocycles. The smallest absolute Gasteiger partial charge is 0.320 e. The van der Waals surface area contributed by atoms with Gasteiger partial charge in [0.25, 0.3) is 0 Å². The summed E-state index contributed by atoms with van der Waals surface area (Å²) >= 11 is 0. The Hall–Kier alpha value is -2.93. The van der Waals surface area contributed by atoms with Crippen LogP contribution in [0.3, 0.4) is 0 Å². The summed E-state index contributed by atoms with van der Waals surface area (Å²) in [7, 11) is -3.54. The average Bonchev–Trinajstić information content (AvgIpc) is 3.32. The molecular formula is C18H20N6O3S. The van der Waals surface area contributed by atoms with Crippen molar-refractivity contribution in [3.8, 4) is 6.07 Å². The van der Waals surface area contributed by atoms with E-state index in [1.807, 2.05) is 9.80 Å². The maximum Gasteiger partial charge on any atom is 0.320 e. The molecule has 2 saturated heterocycles. The number of carbonyl (C=O) groups excluding carboxylic acids is 1. The van der Waals surface area contributed by atoms with Gasteiger partial charge in [0.05, 0.1) is 22.9 Å². The maximum absolute atomic E-state index is 12.7. The van der Waals surface area contributed by atoms with Crippen LogP contribution in [-0.4, -0.2) is 71.6 Å². The van der Waals surface area contributed by atoms with Crippen molar-refractivity contribution in [2.45, 2.75) is 23.2 Å². The number of H-pyrrole nitrogens is 1. The molecule has 1 N–H and O–H groups in total. The molecule has 2 aliphatic rings. The Morgan fingerprint density at radius 2 is 1.89 bits per heavy atom. The first-order chi connectivity index (χ1) is 13.5. The third-order valence-corrected chi connectivity index (χ3v) is 6.93. The Labute approximate surface area is 162 Å². The average molecular weight is 400 g/mol. The highest BCUT2D eigenvalue weighted by molar-refractivity contribution is 7.91. The highest BCUT2D eigenvalue weighted by Gasteiger charge is 2.37. The second-order valence-corrected chi connectivity index (χ2v) is 9.19. The second kappa shape index (κ2) is 7.24. The standard InChI is InChI=1S/C18H20N6O3S/c19-6-8-28(26,27)16-3-1-13(2-4-16)15-11-24(12-15)18(25)23-7-5-14(10-23)17-9-20-22-21-17/h1-4,9,14-15H,5,7-8,10-12H2,(H,20,21,22)/t14-/m0/s1. The molecule has 146 valence electrons. The first-order valence-corrected chi connectivity index (χ1v) is 10.7. The third-order valence-electron chi connectivity index (χ3n) is 5.43. The van der Waals surface area contributed by atoms with Gasteiger partial charge in [-0.2, -0.15) is 20.7 Å². The number of nitriles is 1. The number of nitrogens with zero attached hydrogens (tertiary/aromatic N) is 5. The largest absolute Gasteiger partial charge is 0.324 e. The van der Waals surface area contributed by atoms with Gasteiger partial charge in [0.15, 0.2) is 9.84 Å². The topological polar surface area (TPSA) is 123 Å². The lowest BCUT2D eigenvalue weighted by Gasteiger charge is -2.41. The summed E-state index contributed by atoms with van der Waals surface area (Å²) in [5.41, 5.74) is 1.89. The van der Waals surface area contributed by atoms with Crippen molar-refractivity contribution in [1.82, 2.24) is 25.2 Å². The Morgan fingerprint density at radius 3 is 2.54 bits per heavy atom. The van der Waals surface area contributed by atoms with E-state index in [4.69, 9.17) is 5.26 Å². The molecule has 2 fully saturated rings. The number of benzene rings is 1. The molecule has 9 nitrogen and oxygen atoms in total. The number of aromatic nitrogens is 3. The molecule has 0 radical (unpaired) electrons. The summed E-state index contributed by atoms with van der Waals surface area (Å²) in [6.45, 7) is 2.60. The number of carbonyl (C=O) groups is 1. The molecule has 0 saturated carbocycles. The number of urea groups is 1. The van der Waals surface area contributed by atoms with Gasteiger partial charge in [-0.3, -0.25) is 0 Å². The minimum atomic E-state index is -3.54. The third kappa shape index (κ3) is 3.45. The predicted octanol–water partition coefficient (Wildman–Crippen LogP) is 1.11. The molecule has 2 aliphatic heterocycles. The van der Waals surface area contributed by atoms with Crippen molar-refractivity contribution >= 4 is 15.9 Å². The minimum Gasteiger partial charge on any atom is -0.324 e. The molecule has 0 aliphatic carbocycles. The summed E-state index contributed by atoms with van der Waals surface area (Å²) < 4.78 is 23.8. The Morgan fingerprint density at radius 1 is 1.18 bits per heavy atom.